The average molecular weight is 362 g/mol. The van der Waals surface area contributed by atoms with Crippen LogP contribution in [0.15, 0.2) is 0 Å². The lowest BCUT2D eigenvalue weighted by Crippen LogP contribution is -2.45. The third kappa shape index (κ3) is 5.38. The lowest BCUT2D eigenvalue weighted by atomic mass is 10.0. The van der Waals surface area contributed by atoms with Crippen LogP contribution >= 0.6 is 0 Å². The molecule has 0 bridgehead atoms. The van der Waals surface area contributed by atoms with E-state index in [0.29, 0.717) is 0 Å². The average Bonchev–Trinajstić information content (AvgIpc) is 3.00. The highest BCUT2D eigenvalue weighted by molar-refractivity contribution is 7.86. The molecule has 2 heterocycles. The van der Waals surface area contributed by atoms with Crippen molar-refractivity contribution in [1.82, 2.24) is 0 Å². The molecule has 0 N–H and O–H groups in total. The maximum absolute atomic E-state index is 11.0. The number of hydrogen-bond donors (Lipinski definition) is 0. The van der Waals surface area contributed by atoms with Crippen LogP contribution in [0.4, 0.5) is 0 Å². The Morgan fingerprint density at radius 1 is 0.773 bits per heavy atom. The summed E-state index contributed by atoms with van der Waals surface area (Å²) in [6.45, 7) is -0.573. The van der Waals surface area contributed by atoms with Gasteiger partial charge in [-0.15, -0.1) is 0 Å². The van der Waals surface area contributed by atoms with E-state index in [1.54, 1.807) is 0 Å². The van der Waals surface area contributed by atoms with Gasteiger partial charge in [0, 0.05) is 0 Å². The summed E-state index contributed by atoms with van der Waals surface area (Å²) in [6.07, 6.45) is -0.815. The summed E-state index contributed by atoms with van der Waals surface area (Å²) < 4.78 is 74.8. The van der Waals surface area contributed by atoms with Crippen molar-refractivity contribution in [2.24, 2.45) is 0 Å². The Morgan fingerprint density at radius 2 is 1.14 bits per heavy atom. The molecular formula is C10H18O10S2. The van der Waals surface area contributed by atoms with Gasteiger partial charge in [0.15, 0.2) is 0 Å². The zero-order valence-electron chi connectivity index (χ0n) is 12.0. The van der Waals surface area contributed by atoms with Crippen LogP contribution in [-0.2, 0) is 47.5 Å². The third-order valence-corrected chi connectivity index (χ3v) is 4.16. The molecule has 0 radical (unpaired) electrons. The van der Waals surface area contributed by atoms with E-state index >= 15 is 0 Å². The normalized spacial score (nSPS) is 33.4. The largest absolute Gasteiger partial charge is 0.347 e. The molecule has 12 heteroatoms. The third-order valence-electron chi connectivity index (χ3n) is 3.03. The van der Waals surface area contributed by atoms with Crippen molar-refractivity contribution in [1.29, 1.82) is 0 Å². The van der Waals surface area contributed by atoms with E-state index in [1.807, 2.05) is 0 Å². The molecular weight excluding hydrogens is 344 g/mol. The summed E-state index contributed by atoms with van der Waals surface area (Å²) in [5.74, 6) is 0. The molecule has 10 nitrogen and oxygen atoms in total. The quantitative estimate of drug-likeness (QED) is 0.490. The molecule has 0 aromatic rings. The zero-order chi connectivity index (χ0) is 16.4. The highest BCUT2D eigenvalue weighted by Gasteiger charge is 2.45. The Balaban J connectivity index is 1.95. The first-order chi connectivity index (χ1) is 10.2. The van der Waals surface area contributed by atoms with Crippen LogP contribution in [0.3, 0.4) is 0 Å². The summed E-state index contributed by atoms with van der Waals surface area (Å²) in [6, 6.07) is 0. The molecule has 2 aliphatic heterocycles. The number of rotatable bonds is 7. The van der Waals surface area contributed by atoms with E-state index in [2.05, 4.69) is 0 Å². The van der Waals surface area contributed by atoms with Gasteiger partial charge in [-0.05, 0) is 0 Å². The topological polar surface area (TPSA) is 124 Å². The molecule has 0 saturated carbocycles. The molecule has 0 aliphatic carbocycles. The van der Waals surface area contributed by atoms with E-state index in [4.69, 9.17) is 27.3 Å². The maximum Gasteiger partial charge on any atom is 0.264 e. The molecule has 2 rings (SSSR count). The zero-order valence-corrected chi connectivity index (χ0v) is 13.7. The van der Waals surface area contributed by atoms with E-state index in [1.165, 1.54) is 0 Å². The monoisotopic (exact) mass is 362 g/mol. The van der Waals surface area contributed by atoms with Gasteiger partial charge in [-0.1, -0.05) is 0 Å². The molecule has 2 aliphatic rings. The summed E-state index contributed by atoms with van der Waals surface area (Å²) in [7, 11) is -7.23. The van der Waals surface area contributed by atoms with Crippen molar-refractivity contribution in [2.45, 2.75) is 24.4 Å². The van der Waals surface area contributed by atoms with Crippen molar-refractivity contribution in [2.75, 3.05) is 39.3 Å². The maximum atomic E-state index is 11.0. The van der Waals surface area contributed by atoms with Gasteiger partial charge >= 0.3 is 0 Å². The second-order valence-electron chi connectivity index (χ2n) is 4.89. The summed E-state index contributed by atoms with van der Waals surface area (Å²) >= 11 is 0. The van der Waals surface area contributed by atoms with Gasteiger partial charge in [0.1, 0.15) is 38.0 Å². The van der Waals surface area contributed by atoms with Crippen LogP contribution in [0.2, 0.25) is 0 Å². The molecule has 0 unspecified atom stereocenters. The Hall–Kier alpha value is -0.340. The molecule has 0 aromatic heterocycles. The second kappa shape index (κ2) is 7.05. The first-order valence-corrected chi connectivity index (χ1v) is 9.94. The van der Waals surface area contributed by atoms with Crippen LogP contribution < -0.4 is 0 Å². The van der Waals surface area contributed by atoms with Crippen molar-refractivity contribution >= 4 is 20.2 Å². The number of ether oxygens (including phenoxy) is 4. The first kappa shape index (κ1) is 18.0. The standard InChI is InChI=1S/C10H18O10S2/c1-21(11,12)19-3-7-9(17-5-15-7)10-8(16-6-18-10)4-20-22(2,13)14/h7-10H,3-6H2,1-2H3/t7-,8-,9-,10-/m0/s1. The second-order valence-corrected chi connectivity index (χ2v) is 8.17. The molecule has 130 valence electrons. The van der Waals surface area contributed by atoms with Gasteiger partial charge in [-0.2, -0.15) is 16.8 Å². The molecule has 4 atom stereocenters. The Morgan fingerprint density at radius 3 is 1.45 bits per heavy atom. The fourth-order valence-corrected chi connectivity index (χ4v) is 2.86. The Bertz CT molecular complexity index is 519. The van der Waals surface area contributed by atoms with Gasteiger partial charge in [-0.3, -0.25) is 8.37 Å². The van der Waals surface area contributed by atoms with Gasteiger partial charge in [-0.25, -0.2) is 0 Å². The van der Waals surface area contributed by atoms with E-state index in [9.17, 15) is 16.8 Å². The van der Waals surface area contributed by atoms with Gasteiger partial charge in [0.05, 0.1) is 25.7 Å². The predicted octanol–water partition coefficient (Wildman–Crippen LogP) is -1.58. The fraction of sp³-hybridized carbons (Fsp3) is 1.00. The minimum Gasteiger partial charge on any atom is -0.347 e. The van der Waals surface area contributed by atoms with Crippen molar-refractivity contribution in [3.8, 4) is 0 Å². The van der Waals surface area contributed by atoms with E-state index in [-0.39, 0.29) is 26.8 Å². The van der Waals surface area contributed by atoms with Crippen molar-refractivity contribution in [3.05, 3.63) is 0 Å². The molecule has 2 fully saturated rings. The van der Waals surface area contributed by atoms with Crippen LogP contribution in [-0.4, -0.2) is 80.6 Å². The summed E-state index contributed by atoms with van der Waals surface area (Å²) in [4.78, 5) is 0. The van der Waals surface area contributed by atoms with Gasteiger partial charge in [0.2, 0.25) is 0 Å². The van der Waals surface area contributed by atoms with Gasteiger partial charge in [0.25, 0.3) is 20.2 Å². The lowest BCUT2D eigenvalue weighted by molar-refractivity contribution is -0.0359. The minimum absolute atomic E-state index is 0.0536. The van der Waals surface area contributed by atoms with Crippen LogP contribution in [0.25, 0.3) is 0 Å². The highest BCUT2D eigenvalue weighted by atomic mass is 32.2. The van der Waals surface area contributed by atoms with E-state index < -0.39 is 44.7 Å². The Labute approximate surface area is 128 Å². The minimum atomic E-state index is -3.61. The lowest BCUT2D eigenvalue weighted by Gasteiger charge is -2.24. The molecule has 2 saturated heterocycles. The predicted molar refractivity (Wildman–Crippen MR) is 70.8 cm³/mol. The van der Waals surface area contributed by atoms with Gasteiger partial charge < -0.3 is 18.9 Å². The molecule has 0 aromatic carbocycles. The van der Waals surface area contributed by atoms with Crippen LogP contribution in [0.5, 0.6) is 0 Å². The summed E-state index contributed by atoms with van der Waals surface area (Å²) in [5.41, 5.74) is 0. The number of hydrogen-bond acceptors (Lipinski definition) is 10. The highest BCUT2D eigenvalue weighted by Crippen LogP contribution is 2.26. The Kier molecular flexibility index (Phi) is 5.77. The molecule has 22 heavy (non-hydrogen) atoms. The smallest absolute Gasteiger partial charge is 0.264 e. The van der Waals surface area contributed by atoms with Crippen LogP contribution in [0.1, 0.15) is 0 Å². The first-order valence-electron chi connectivity index (χ1n) is 6.31. The van der Waals surface area contributed by atoms with Crippen molar-refractivity contribution in [3.63, 3.8) is 0 Å². The molecule has 0 amide bonds. The van der Waals surface area contributed by atoms with Crippen LogP contribution in [0, 0.1) is 0 Å². The summed E-state index contributed by atoms with van der Waals surface area (Å²) in [5, 5.41) is 0. The molecule has 0 spiro atoms. The van der Waals surface area contributed by atoms with E-state index in [0.717, 1.165) is 12.5 Å². The SMILES string of the molecule is CS(=O)(=O)OC[C@@H]1OCO[C@@H]1[C@H]1OCO[C@H]1COS(C)(=O)=O. The fourth-order valence-electron chi connectivity index (χ4n) is 2.09. The van der Waals surface area contributed by atoms with Crippen molar-refractivity contribution < 1.29 is 44.1 Å².